The topological polar surface area (TPSA) is 67.8 Å². The lowest BCUT2D eigenvalue weighted by molar-refractivity contribution is -0.139. The van der Waals surface area contributed by atoms with Crippen molar-refractivity contribution in [3.8, 4) is 11.5 Å². The lowest BCUT2D eigenvalue weighted by Gasteiger charge is -2.18. The fourth-order valence-corrected chi connectivity index (χ4v) is 3.06. The van der Waals surface area contributed by atoms with E-state index in [2.05, 4.69) is 21.2 Å². The smallest absolute Gasteiger partial charge is 0.320 e. The molecule has 0 aromatic heterocycles. The van der Waals surface area contributed by atoms with Crippen LogP contribution in [0.1, 0.15) is 24.4 Å². The van der Waals surface area contributed by atoms with Crippen LogP contribution in [0.3, 0.4) is 0 Å². The highest BCUT2D eigenvalue weighted by Crippen LogP contribution is 2.42. The Hall–Kier alpha value is -1.27. The number of hydrogen-bond donors (Lipinski definition) is 2. The molecule has 1 saturated heterocycles. The molecule has 1 aromatic rings. The largest absolute Gasteiger partial charge is 0.495 e. The third-order valence-corrected chi connectivity index (χ3v) is 4.09. The maximum atomic E-state index is 11.0. The monoisotopic (exact) mass is 329 g/mol. The Kier molecular flexibility index (Phi) is 4.31. The van der Waals surface area contributed by atoms with Crippen LogP contribution in [0.4, 0.5) is 0 Å². The van der Waals surface area contributed by atoms with Crippen LogP contribution >= 0.6 is 15.9 Å². The van der Waals surface area contributed by atoms with Gasteiger partial charge in [0.25, 0.3) is 0 Å². The van der Waals surface area contributed by atoms with Gasteiger partial charge in [0.2, 0.25) is 0 Å². The standard InChI is InChI=1S/C13H16BrNO4/c1-18-10-6-3-7(12(19-2)11(10)14)8-4-5-9(15-8)13(16)17/h3,6,8-9,15H,4-5H2,1-2H3,(H,16,17). The third-order valence-electron chi connectivity index (χ3n) is 3.34. The van der Waals surface area contributed by atoms with Gasteiger partial charge in [0.05, 0.1) is 14.2 Å². The minimum Gasteiger partial charge on any atom is -0.495 e. The van der Waals surface area contributed by atoms with E-state index in [4.69, 9.17) is 14.6 Å². The van der Waals surface area contributed by atoms with Crippen molar-refractivity contribution in [2.75, 3.05) is 14.2 Å². The Morgan fingerprint density at radius 2 is 2.11 bits per heavy atom. The molecule has 5 nitrogen and oxygen atoms in total. The number of halogens is 1. The van der Waals surface area contributed by atoms with Gasteiger partial charge in [-0.25, -0.2) is 0 Å². The quantitative estimate of drug-likeness (QED) is 0.887. The lowest BCUT2D eigenvalue weighted by Crippen LogP contribution is -2.31. The number of hydrogen-bond acceptors (Lipinski definition) is 4. The second kappa shape index (κ2) is 5.79. The summed E-state index contributed by atoms with van der Waals surface area (Å²) in [5, 5.41) is 12.1. The molecule has 1 aliphatic rings. The first kappa shape index (κ1) is 14.1. The van der Waals surface area contributed by atoms with Crippen LogP contribution in [-0.4, -0.2) is 31.3 Å². The van der Waals surface area contributed by atoms with Gasteiger partial charge >= 0.3 is 5.97 Å². The summed E-state index contributed by atoms with van der Waals surface area (Å²) in [6.45, 7) is 0. The van der Waals surface area contributed by atoms with E-state index < -0.39 is 12.0 Å². The molecule has 104 valence electrons. The fourth-order valence-electron chi connectivity index (χ4n) is 2.38. The second-order valence-electron chi connectivity index (χ2n) is 4.39. The lowest BCUT2D eigenvalue weighted by atomic mass is 10.0. The van der Waals surface area contributed by atoms with Gasteiger partial charge in [-0.05, 0) is 40.9 Å². The molecule has 0 bridgehead atoms. The molecule has 1 aromatic carbocycles. The zero-order valence-corrected chi connectivity index (χ0v) is 12.4. The molecule has 0 spiro atoms. The van der Waals surface area contributed by atoms with E-state index in [1.165, 1.54) is 0 Å². The summed E-state index contributed by atoms with van der Waals surface area (Å²) in [6, 6.07) is 3.25. The summed E-state index contributed by atoms with van der Waals surface area (Å²) in [6.07, 6.45) is 1.39. The molecular weight excluding hydrogens is 314 g/mol. The van der Waals surface area contributed by atoms with Crippen molar-refractivity contribution in [2.24, 2.45) is 0 Å². The highest BCUT2D eigenvalue weighted by Gasteiger charge is 2.32. The van der Waals surface area contributed by atoms with E-state index in [-0.39, 0.29) is 6.04 Å². The van der Waals surface area contributed by atoms with E-state index in [1.54, 1.807) is 14.2 Å². The van der Waals surface area contributed by atoms with E-state index in [0.717, 1.165) is 16.5 Å². The van der Waals surface area contributed by atoms with E-state index in [1.807, 2.05) is 12.1 Å². The first-order valence-electron chi connectivity index (χ1n) is 5.97. The summed E-state index contributed by atoms with van der Waals surface area (Å²) in [5.41, 5.74) is 0.943. The Labute approximate surface area is 120 Å². The predicted octanol–water partition coefficient (Wildman–Crippen LogP) is 2.34. The summed E-state index contributed by atoms with van der Waals surface area (Å²) >= 11 is 3.45. The molecule has 0 amide bonds. The number of methoxy groups -OCH3 is 2. The number of carbonyl (C=O) groups is 1. The van der Waals surface area contributed by atoms with Gasteiger partial charge in [0, 0.05) is 11.6 Å². The molecule has 1 aliphatic heterocycles. The zero-order valence-electron chi connectivity index (χ0n) is 10.8. The Bertz CT molecular complexity index is 492. The molecule has 1 fully saturated rings. The molecule has 0 saturated carbocycles. The second-order valence-corrected chi connectivity index (χ2v) is 5.18. The molecule has 6 heteroatoms. The number of aliphatic carboxylic acids is 1. The molecule has 2 unspecified atom stereocenters. The minimum absolute atomic E-state index is 0.0155. The number of nitrogens with one attached hydrogen (secondary N) is 1. The number of carboxylic acid groups (broad SMARTS) is 1. The van der Waals surface area contributed by atoms with E-state index in [9.17, 15) is 4.79 Å². The molecular formula is C13H16BrNO4. The summed E-state index contributed by atoms with van der Waals surface area (Å²) < 4.78 is 11.4. The third kappa shape index (κ3) is 2.69. The van der Waals surface area contributed by atoms with Crippen molar-refractivity contribution in [2.45, 2.75) is 24.9 Å². The molecule has 0 aliphatic carbocycles. The van der Waals surface area contributed by atoms with E-state index in [0.29, 0.717) is 17.9 Å². The van der Waals surface area contributed by atoms with Crippen LogP contribution in [-0.2, 0) is 4.79 Å². The van der Waals surface area contributed by atoms with Crippen LogP contribution in [0, 0.1) is 0 Å². The summed E-state index contributed by atoms with van der Waals surface area (Å²) in [5.74, 6) is 0.560. The molecule has 19 heavy (non-hydrogen) atoms. The normalized spacial score (nSPS) is 22.3. The van der Waals surface area contributed by atoms with Gasteiger partial charge in [-0.1, -0.05) is 0 Å². The fraction of sp³-hybridized carbons (Fsp3) is 0.462. The maximum Gasteiger partial charge on any atom is 0.320 e. The van der Waals surface area contributed by atoms with Crippen molar-refractivity contribution in [1.29, 1.82) is 0 Å². The van der Waals surface area contributed by atoms with Gasteiger partial charge < -0.3 is 14.6 Å². The van der Waals surface area contributed by atoms with Gasteiger partial charge in [0.1, 0.15) is 22.0 Å². The average Bonchev–Trinajstić information content (AvgIpc) is 2.87. The molecule has 1 heterocycles. The Morgan fingerprint density at radius 1 is 1.37 bits per heavy atom. The van der Waals surface area contributed by atoms with Gasteiger partial charge in [-0.15, -0.1) is 0 Å². The summed E-state index contributed by atoms with van der Waals surface area (Å²) in [7, 11) is 3.18. The number of benzene rings is 1. The first-order valence-corrected chi connectivity index (χ1v) is 6.77. The maximum absolute atomic E-state index is 11.0. The molecule has 2 N–H and O–H groups in total. The predicted molar refractivity (Wildman–Crippen MR) is 73.8 cm³/mol. The molecule has 2 atom stereocenters. The van der Waals surface area contributed by atoms with Crippen molar-refractivity contribution < 1.29 is 19.4 Å². The van der Waals surface area contributed by atoms with Gasteiger partial charge in [-0.2, -0.15) is 0 Å². The summed E-state index contributed by atoms with van der Waals surface area (Å²) in [4.78, 5) is 11.0. The average molecular weight is 330 g/mol. The zero-order chi connectivity index (χ0) is 14.0. The van der Waals surface area contributed by atoms with Crippen molar-refractivity contribution >= 4 is 21.9 Å². The van der Waals surface area contributed by atoms with Crippen molar-refractivity contribution in [3.05, 3.63) is 22.2 Å². The van der Waals surface area contributed by atoms with Crippen LogP contribution in [0.15, 0.2) is 16.6 Å². The van der Waals surface area contributed by atoms with Crippen molar-refractivity contribution in [1.82, 2.24) is 5.32 Å². The molecule has 2 rings (SSSR count). The van der Waals surface area contributed by atoms with Crippen molar-refractivity contribution in [3.63, 3.8) is 0 Å². The van der Waals surface area contributed by atoms with Crippen LogP contribution < -0.4 is 14.8 Å². The van der Waals surface area contributed by atoms with E-state index >= 15 is 0 Å². The minimum atomic E-state index is -0.811. The number of carboxylic acids is 1. The highest BCUT2D eigenvalue weighted by atomic mass is 79.9. The van der Waals surface area contributed by atoms with Crippen LogP contribution in [0.5, 0.6) is 11.5 Å². The SMILES string of the molecule is COc1ccc(C2CCC(C(=O)O)N2)c(OC)c1Br. The Morgan fingerprint density at radius 3 is 2.63 bits per heavy atom. The van der Waals surface area contributed by atoms with Crippen LogP contribution in [0.2, 0.25) is 0 Å². The highest BCUT2D eigenvalue weighted by molar-refractivity contribution is 9.10. The van der Waals surface area contributed by atoms with Gasteiger partial charge in [0.15, 0.2) is 0 Å². The number of rotatable bonds is 4. The number of ether oxygens (including phenoxy) is 2. The van der Waals surface area contributed by atoms with Gasteiger partial charge in [-0.3, -0.25) is 10.1 Å². The Balaban J connectivity index is 2.31. The van der Waals surface area contributed by atoms with Crippen LogP contribution in [0.25, 0.3) is 0 Å². The first-order chi connectivity index (χ1) is 9.08. The molecule has 0 radical (unpaired) electrons.